The Morgan fingerprint density at radius 2 is 2.06 bits per heavy atom. The van der Waals surface area contributed by atoms with Gasteiger partial charge in [0.15, 0.2) is 0 Å². The van der Waals surface area contributed by atoms with Crippen LogP contribution in [0.15, 0.2) is 52.9 Å². The molecule has 1 saturated heterocycles. The van der Waals surface area contributed by atoms with Crippen molar-refractivity contribution in [2.75, 3.05) is 50.7 Å². The average Bonchev–Trinajstić information content (AvgIpc) is 3.67. The lowest BCUT2D eigenvalue weighted by Crippen LogP contribution is -2.49. The van der Waals surface area contributed by atoms with Crippen molar-refractivity contribution in [3.8, 4) is 5.75 Å². The summed E-state index contributed by atoms with van der Waals surface area (Å²) < 4.78 is 39.9. The predicted molar refractivity (Wildman–Crippen MR) is 189 cm³/mol. The number of benzene rings is 2. The zero-order valence-electron chi connectivity index (χ0n) is 28.3. The van der Waals surface area contributed by atoms with Gasteiger partial charge in [-0.3, -0.25) is 14.3 Å². The standard InChI is InChI=1S/C38H46ClN3O6S/c1-24-5-3-7-33(46-2)30-11-8-27(30)18-42-21-37(14-4-6-25-15-29(39)10-12-31(25)37)22-48-34-13-9-26(16-32(34)42)35(43)40-49(45,20-24)41-36(44)38-17-28(38)19-47-23-38/h3,7,9-10,12-13,15-16,24,27-28,30,33H,4-6,8,11,14,17-23H2,1-2H3,(H,40,41,43,44,45)/b7-3+/t24-,27-,28?,30+,33-,37-,38+,49?/m0/s1. The first-order chi connectivity index (χ1) is 23.6. The molecule has 2 saturated carbocycles. The number of anilines is 1. The van der Waals surface area contributed by atoms with Crippen LogP contribution in [-0.2, 0) is 36.0 Å². The zero-order chi connectivity index (χ0) is 34.0. The van der Waals surface area contributed by atoms with Crippen molar-refractivity contribution in [3.63, 3.8) is 0 Å². The molecule has 49 heavy (non-hydrogen) atoms. The smallest absolute Gasteiger partial charge is 0.286 e. The first-order valence-electron chi connectivity index (χ1n) is 17.8. The SMILES string of the molecule is CO[C@H]1/C=C/C[C@H](C)CS(=O)(NC(=O)[C@]23COCC2C3)=NC(=O)c2ccc3c(c2)N(C[C@@H]2CC[C@H]21)C[C@@]1(CCCc2cc(Cl)ccc21)CO3. The number of allylic oxidation sites excluding steroid dienone is 1. The van der Waals surface area contributed by atoms with E-state index in [4.69, 9.17) is 25.8 Å². The van der Waals surface area contributed by atoms with Crippen LogP contribution >= 0.6 is 11.6 Å². The average molecular weight is 708 g/mol. The Morgan fingerprint density at radius 3 is 2.82 bits per heavy atom. The van der Waals surface area contributed by atoms with Crippen molar-refractivity contribution in [3.05, 3.63) is 70.3 Å². The number of amides is 2. The third-order valence-corrected chi connectivity index (χ3v) is 14.4. The Kier molecular flexibility index (Phi) is 8.61. The van der Waals surface area contributed by atoms with Crippen molar-refractivity contribution in [1.82, 2.24) is 4.72 Å². The molecule has 0 radical (unpaired) electrons. The van der Waals surface area contributed by atoms with Crippen molar-refractivity contribution in [2.45, 2.75) is 63.4 Å². The highest BCUT2D eigenvalue weighted by Crippen LogP contribution is 2.57. The van der Waals surface area contributed by atoms with Crippen LogP contribution in [0.3, 0.4) is 0 Å². The number of aryl methyl sites for hydroxylation is 1. The maximum atomic E-state index is 14.5. The van der Waals surface area contributed by atoms with E-state index in [0.717, 1.165) is 61.7 Å². The van der Waals surface area contributed by atoms with Gasteiger partial charge in [-0.25, -0.2) is 4.21 Å². The van der Waals surface area contributed by atoms with E-state index in [2.05, 4.69) is 38.3 Å². The van der Waals surface area contributed by atoms with Gasteiger partial charge in [0.05, 0.1) is 42.8 Å². The Labute approximate surface area is 294 Å². The molecule has 3 fully saturated rings. The minimum atomic E-state index is -3.44. The molecule has 3 aliphatic carbocycles. The number of ether oxygens (including phenoxy) is 3. The molecular formula is C38H46ClN3O6S. The van der Waals surface area contributed by atoms with Crippen molar-refractivity contribution in [2.24, 2.45) is 33.4 Å². The zero-order valence-corrected chi connectivity index (χ0v) is 29.9. The summed E-state index contributed by atoms with van der Waals surface area (Å²) in [4.78, 5) is 29.9. The van der Waals surface area contributed by atoms with Gasteiger partial charge in [0.25, 0.3) is 5.91 Å². The molecule has 1 spiro atoms. The fourth-order valence-electron chi connectivity index (χ4n) is 9.12. The number of carbonyl (C=O) groups is 2. The van der Waals surface area contributed by atoms with Crippen LogP contribution in [0.5, 0.6) is 5.75 Å². The predicted octanol–water partition coefficient (Wildman–Crippen LogP) is 6.13. The molecule has 2 amide bonds. The molecule has 3 aliphatic heterocycles. The number of halogens is 1. The first kappa shape index (κ1) is 33.2. The lowest BCUT2D eigenvalue weighted by molar-refractivity contribution is -0.125. The monoisotopic (exact) mass is 707 g/mol. The molecule has 1 N–H and O–H groups in total. The van der Waals surface area contributed by atoms with E-state index in [1.165, 1.54) is 11.1 Å². The fraction of sp³-hybridized carbons (Fsp3) is 0.579. The van der Waals surface area contributed by atoms with Gasteiger partial charge in [0.1, 0.15) is 15.7 Å². The highest BCUT2D eigenvalue weighted by atomic mass is 35.5. The Bertz CT molecular complexity index is 1820. The van der Waals surface area contributed by atoms with Gasteiger partial charge in [-0.15, -0.1) is 4.36 Å². The molecule has 2 aromatic rings. The number of methoxy groups -OCH3 is 1. The van der Waals surface area contributed by atoms with Gasteiger partial charge in [0.2, 0.25) is 5.91 Å². The normalized spacial score (nSPS) is 37.3. The van der Waals surface area contributed by atoms with Crippen LogP contribution in [0.2, 0.25) is 5.02 Å². The highest BCUT2D eigenvalue weighted by molar-refractivity contribution is 7.92. The summed E-state index contributed by atoms with van der Waals surface area (Å²) in [5, 5.41) is 0.747. The number of hydrogen-bond acceptors (Lipinski definition) is 7. The number of hydrogen-bond donors (Lipinski definition) is 1. The first-order valence-corrected chi connectivity index (χ1v) is 19.9. The molecule has 8 rings (SSSR count). The molecule has 262 valence electrons. The molecule has 8 atom stereocenters. The third kappa shape index (κ3) is 6.10. The van der Waals surface area contributed by atoms with Crippen LogP contribution in [0.4, 0.5) is 5.69 Å². The van der Waals surface area contributed by atoms with Gasteiger partial charge in [-0.05, 0) is 104 Å². The van der Waals surface area contributed by atoms with Crippen LogP contribution in [0, 0.1) is 29.1 Å². The number of fused-ring (bicyclic) bond motifs is 5. The van der Waals surface area contributed by atoms with E-state index >= 15 is 0 Å². The molecule has 11 heteroatoms. The summed E-state index contributed by atoms with van der Waals surface area (Å²) in [5.41, 5.74) is 2.82. The summed E-state index contributed by atoms with van der Waals surface area (Å²) in [6.45, 7) is 4.87. The summed E-state index contributed by atoms with van der Waals surface area (Å²) >= 11 is 6.45. The lowest BCUT2D eigenvalue weighted by Gasteiger charge is -2.46. The Balaban J connectivity index is 1.19. The summed E-state index contributed by atoms with van der Waals surface area (Å²) in [5.74, 6) is 0.636. The van der Waals surface area contributed by atoms with E-state index in [0.29, 0.717) is 50.1 Å². The Hall–Kier alpha value is -2.92. The maximum absolute atomic E-state index is 14.5. The third-order valence-electron chi connectivity index (χ3n) is 12.1. The van der Waals surface area contributed by atoms with E-state index in [9.17, 15) is 13.8 Å². The quantitative estimate of drug-likeness (QED) is 0.383. The van der Waals surface area contributed by atoms with E-state index in [1.54, 1.807) is 13.2 Å². The highest BCUT2D eigenvalue weighted by Gasteiger charge is 2.64. The van der Waals surface area contributed by atoms with Crippen molar-refractivity contribution in [1.29, 1.82) is 0 Å². The van der Waals surface area contributed by atoms with Gasteiger partial charge in [-0.1, -0.05) is 36.7 Å². The van der Waals surface area contributed by atoms with Crippen LogP contribution in [0.25, 0.3) is 0 Å². The molecule has 2 bridgehead atoms. The fourth-order valence-corrected chi connectivity index (χ4v) is 11.3. The molecule has 3 heterocycles. The summed E-state index contributed by atoms with van der Waals surface area (Å²) in [7, 11) is -1.67. The number of nitrogens with one attached hydrogen (secondary N) is 1. The van der Waals surface area contributed by atoms with Crippen LogP contribution < -0.4 is 14.4 Å². The molecule has 9 nitrogen and oxygen atoms in total. The Morgan fingerprint density at radius 1 is 1.18 bits per heavy atom. The van der Waals surface area contributed by atoms with Crippen LogP contribution in [-0.4, -0.2) is 67.9 Å². The number of rotatable bonds is 3. The lowest BCUT2D eigenvalue weighted by atomic mass is 9.68. The number of carbonyl (C=O) groups excluding carboxylic acids is 2. The van der Waals surface area contributed by atoms with Crippen LogP contribution in [0.1, 0.15) is 66.9 Å². The molecule has 0 aromatic heterocycles. The van der Waals surface area contributed by atoms with Gasteiger partial charge in [-0.2, -0.15) is 0 Å². The number of nitrogens with zero attached hydrogens (tertiary/aromatic N) is 2. The van der Waals surface area contributed by atoms with Gasteiger partial charge < -0.3 is 19.1 Å². The summed E-state index contributed by atoms with van der Waals surface area (Å²) in [6.07, 6.45) is 10.7. The topological polar surface area (TPSA) is 107 Å². The second-order valence-corrected chi connectivity index (χ2v) is 17.9. The second kappa shape index (κ2) is 12.7. The minimum Gasteiger partial charge on any atom is -0.490 e. The molecule has 2 unspecified atom stereocenters. The largest absolute Gasteiger partial charge is 0.490 e. The van der Waals surface area contributed by atoms with Gasteiger partial charge >= 0.3 is 0 Å². The summed E-state index contributed by atoms with van der Waals surface area (Å²) in [6, 6.07) is 11.7. The second-order valence-electron chi connectivity index (χ2n) is 15.5. The maximum Gasteiger partial charge on any atom is 0.286 e. The van der Waals surface area contributed by atoms with Gasteiger partial charge in [0, 0.05) is 42.1 Å². The van der Waals surface area contributed by atoms with E-state index in [-0.39, 0.29) is 35.0 Å². The minimum absolute atomic E-state index is 0.0389. The van der Waals surface area contributed by atoms with E-state index in [1.807, 2.05) is 25.1 Å². The van der Waals surface area contributed by atoms with E-state index < -0.39 is 21.2 Å². The molecule has 2 aromatic carbocycles. The molecular weight excluding hydrogens is 662 g/mol. The van der Waals surface area contributed by atoms with Crippen molar-refractivity contribution < 1.29 is 28.0 Å². The molecule has 6 aliphatic rings. The van der Waals surface area contributed by atoms with Crippen molar-refractivity contribution >= 4 is 39.0 Å².